The van der Waals surface area contributed by atoms with Crippen molar-refractivity contribution in [1.82, 2.24) is 15.0 Å². The maximum atomic E-state index is 9.56. The van der Waals surface area contributed by atoms with Crippen molar-refractivity contribution in [2.45, 2.75) is 0 Å². The van der Waals surface area contributed by atoms with Crippen molar-refractivity contribution in [2.75, 3.05) is 41.9 Å². The highest BCUT2D eigenvalue weighted by atomic mass is 79.9. The highest BCUT2D eigenvalue weighted by Gasteiger charge is 2.16. The molecule has 4 rings (SSSR count). The number of aromatic hydroxyl groups is 1. The number of ether oxygens (including phenoxy) is 1. The van der Waals surface area contributed by atoms with E-state index in [0.717, 1.165) is 15.7 Å². The summed E-state index contributed by atoms with van der Waals surface area (Å²) in [6.07, 6.45) is 1.58. The number of morpholine rings is 1. The van der Waals surface area contributed by atoms with E-state index in [1.54, 1.807) is 24.4 Å². The molecule has 0 bridgehead atoms. The van der Waals surface area contributed by atoms with Crippen molar-refractivity contribution < 1.29 is 9.84 Å². The van der Waals surface area contributed by atoms with Crippen LogP contribution in [0, 0.1) is 0 Å². The Morgan fingerprint density at radius 2 is 1.83 bits per heavy atom. The predicted octanol–water partition coefficient (Wildman–Crippen LogP) is 3.37. The standard InChI is InChI=1S/C20H20BrN7O2/c21-15-4-2-5-16(12-15)23-18-24-19(26-20(25-18)28-7-9-30-10-8-28)27-22-13-14-3-1-6-17(29)11-14/h1-6,11-13,29H,7-10H2,(H2,23,24,25,26,27). The topological polar surface area (TPSA) is 108 Å². The second kappa shape index (κ2) is 9.51. The van der Waals surface area contributed by atoms with Crippen LogP contribution in [0.5, 0.6) is 5.75 Å². The van der Waals surface area contributed by atoms with Gasteiger partial charge in [-0.25, -0.2) is 5.43 Å². The first kappa shape index (κ1) is 20.0. The molecule has 10 heteroatoms. The van der Waals surface area contributed by atoms with E-state index in [2.05, 4.69) is 46.7 Å². The molecule has 1 aliphatic rings. The van der Waals surface area contributed by atoms with Crippen molar-refractivity contribution in [3.8, 4) is 5.75 Å². The summed E-state index contributed by atoms with van der Waals surface area (Å²) in [5.41, 5.74) is 4.44. The van der Waals surface area contributed by atoms with Gasteiger partial charge in [-0.05, 0) is 35.9 Å². The molecule has 0 saturated carbocycles. The van der Waals surface area contributed by atoms with Crippen molar-refractivity contribution in [1.29, 1.82) is 0 Å². The van der Waals surface area contributed by atoms with Crippen LogP contribution in [0.1, 0.15) is 5.56 Å². The van der Waals surface area contributed by atoms with E-state index in [0.29, 0.717) is 44.1 Å². The molecular formula is C20H20BrN7O2. The molecule has 1 fully saturated rings. The van der Waals surface area contributed by atoms with Crippen LogP contribution in [-0.2, 0) is 4.74 Å². The van der Waals surface area contributed by atoms with Gasteiger partial charge in [0, 0.05) is 23.2 Å². The van der Waals surface area contributed by atoms with Crippen LogP contribution >= 0.6 is 15.9 Å². The third-order valence-corrected chi connectivity index (χ3v) is 4.74. The molecule has 0 atom stereocenters. The highest BCUT2D eigenvalue weighted by molar-refractivity contribution is 9.10. The third-order valence-electron chi connectivity index (χ3n) is 4.25. The van der Waals surface area contributed by atoms with Gasteiger partial charge in [0.25, 0.3) is 0 Å². The number of anilines is 4. The lowest BCUT2D eigenvalue weighted by molar-refractivity contribution is 0.122. The number of phenolic OH excluding ortho intramolecular Hbond substituents is 1. The van der Waals surface area contributed by atoms with Crippen LogP contribution < -0.4 is 15.6 Å². The zero-order chi connectivity index (χ0) is 20.8. The first-order valence-electron chi connectivity index (χ1n) is 9.35. The summed E-state index contributed by atoms with van der Waals surface area (Å²) < 4.78 is 6.37. The van der Waals surface area contributed by atoms with Crippen LogP contribution in [-0.4, -0.2) is 52.6 Å². The van der Waals surface area contributed by atoms with Gasteiger partial charge in [-0.3, -0.25) is 0 Å². The van der Waals surface area contributed by atoms with E-state index >= 15 is 0 Å². The van der Waals surface area contributed by atoms with E-state index in [1.807, 2.05) is 35.2 Å². The minimum atomic E-state index is 0.175. The molecule has 0 radical (unpaired) electrons. The number of phenols is 1. The average molecular weight is 470 g/mol. The van der Waals surface area contributed by atoms with Gasteiger partial charge < -0.3 is 20.1 Å². The quantitative estimate of drug-likeness (QED) is 0.372. The fourth-order valence-corrected chi connectivity index (χ4v) is 3.24. The van der Waals surface area contributed by atoms with E-state index in [-0.39, 0.29) is 5.75 Å². The summed E-state index contributed by atoms with van der Waals surface area (Å²) in [6.45, 7) is 2.65. The van der Waals surface area contributed by atoms with Crippen molar-refractivity contribution in [2.24, 2.45) is 5.10 Å². The number of aromatic nitrogens is 3. The Balaban J connectivity index is 1.57. The lowest BCUT2D eigenvalue weighted by Crippen LogP contribution is -2.37. The minimum Gasteiger partial charge on any atom is -0.508 e. The summed E-state index contributed by atoms with van der Waals surface area (Å²) in [5, 5.41) is 17.0. The van der Waals surface area contributed by atoms with Gasteiger partial charge in [-0.2, -0.15) is 20.1 Å². The summed E-state index contributed by atoms with van der Waals surface area (Å²) >= 11 is 3.46. The third kappa shape index (κ3) is 5.43. The number of hydrogen-bond acceptors (Lipinski definition) is 9. The van der Waals surface area contributed by atoms with Crippen molar-refractivity contribution in [3.63, 3.8) is 0 Å². The summed E-state index contributed by atoms with van der Waals surface area (Å²) in [4.78, 5) is 15.5. The van der Waals surface area contributed by atoms with Gasteiger partial charge in [0.05, 0.1) is 19.4 Å². The van der Waals surface area contributed by atoms with E-state index < -0.39 is 0 Å². The number of nitrogens with zero attached hydrogens (tertiary/aromatic N) is 5. The zero-order valence-corrected chi connectivity index (χ0v) is 17.6. The number of nitrogens with one attached hydrogen (secondary N) is 2. The van der Waals surface area contributed by atoms with Gasteiger partial charge >= 0.3 is 0 Å². The first-order chi connectivity index (χ1) is 14.7. The molecule has 3 aromatic rings. The summed E-state index contributed by atoms with van der Waals surface area (Å²) in [6, 6.07) is 14.5. The molecule has 2 heterocycles. The smallest absolute Gasteiger partial charge is 0.250 e. The average Bonchev–Trinajstić information content (AvgIpc) is 2.74. The van der Waals surface area contributed by atoms with Crippen LogP contribution in [0.2, 0.25) is 0 Å². The van der Waals surface area contributed by atoms with Crippen LogP contribution in [0.4, 0.5) is 23.5 Å². The molecule has 1 saturated heterocycles. The van der Waals surface area contributed by atoms with Gasteiger partial charge in [-0.1, -0.05) is 34.1 Å². The van der Waals surface area contributed by atoms with Crippen LogP contribution in [0.3, 0.4) is 0 Å². The highest BCUT2D eigenvalue weighted by Crippen LogP contribution is 2.21. The molecule has 1 aliphatic heterocycles. The van der Waals surface area contributed by atoms with Crippen molar-refractivity contribution in [3.05, 3.63) is 58.6 Å². The second-order valence-electron chi connectivity index (χ2n) is 6.48. The molecule has 0 spiro atoms. The van der Waals surface area contributed by atoms with E-state index in [9.17, 15) is 5.11 Å². The summed E-state index contributed by atoms with van der Waals surface area (Å²) in [5.74, 6) is 1.43. The number of benzene rings is 2. The SMILES string of the molecule is Oc1cccc(C=NNc2nc(Nc3cccc(Br)c3)nc(N3CCOCC3)n2)c1. The maximum Gasteiger partial charge on any atom is 0.250 e. The number of halogens is 1. The Kier molecular flexibility index (Phi) is 6.35. The summed E-state index contributed by atoms with van der Waals surface area (Å²) in [7, 11) is 0. The Hall–Kier alpha value is -3.24. The largest absolute Gasteiger partial charge is 0.508 e. The monoisotopic (exact) mass is 469 g/mol. The Bertz CT molecular complexity index is 1040. The molecule has 0 amide bonds. The second-order valence-corrected chi connectivity index (χ2v) is 7.40. The number of hydrogen-bond donors (Lipinski definition) is 3. The maximum absolute atomic E-state index is 9.56. The first-order valence-corrected chi connectivity index (χ1v) is 10.1. The molecule has 9 nitrogen and oxygen atoms in total. The van der Waals surface area contributed by atoms with E-state index in [4.69, 9.17) is 4.74 Å². The normalized spacial score (nSPS) is 14.1. The minimum absolute atomic E-state index is 0.175. The van der Waals surface area contributed by atoms with Gasteiger partial charge in [-0.15, -0.1) is 0 Å². The number of rotatable bonds is 6. The molecular weight excluding hydrogens is 450 g/mol. The Labute approximate surface area is 182 Å². The predicted molar refractivity (Wildman–Crippen MR) is 120 cm³/mol. The van der Waals surface area contributed by atoms with Gasteiger partial charge in [0.1, 0.15) is 5.75 Å². The zero-order valence-electron chi connectivity index (χ0n) is 16.0. The van der Waals surface area contributed by atoms with Crippen molar-refractivity contribution >= 4 is 45.7 Å². The fraction of sp³-hybridized carbons (Fsp3) is 0.200. The Morgan fingerprint density at radius 3 is 2.63 bits per heavy atom. The molecule has 0 unspecified atom stereocenters. The molecule has 2 aromatic carbocycles. The molecule has 154 valence electrons. The molecule has 30 heavy (non-hydrogen) atoms. The lowest BCUT2D eigenvalue weighted by Gasteiger charge is -2.27. The molecule has 0 aliphatic carbocycles. The molecule has 1 aromatic heterocycles. The Morgan fingerprint density at radius 1 is 1.03 bits per heavy atom. The van der Waals surface area contributed by atoms with E-state index in [1.165, 1.54) is 0 Å². The van der Waals surface area contributed by atoms with Crippen LogP contribution in [0.25, 0.3) is 0 Å². The fourth-order valence-electron chi connectivity index (χ4n) is 2.84. The molecule has 3 N–H and O–H groups in total. The van der Waals surface area contributed by atoms with Crippen LogP contribution in [0.15, 0.2) is 58.1 Å². The number of hydrazone groups is 1. The van der Waals surface area contributed by atoms with Gasteiger partial charge in [0.2, 0.25) is 17.8 Å². The lowest BCUT2D eigenvalue weighted by atomic mass is 10.2. The van der Waals surface area contributed by atoms with Gasteiger partial charge in [0.15, 0.2) is 0 Å².